The molecule has 0 aliphatic rings. The highest BCUT2D eigenvalue weighted by Gasteiger charge is 2.23. The maximum atomic E-state index is 3.97. The quantitative estimate of drug-likeness (QED) is 0.634. The lowest BCUT2D eigenvalue weighted by Crippen LogP contribution is -2.32. The minimum Gasteiger partial charge on any atom is -0.388 e. The number of rotatable bonds is 7. The summed E-state index contributed by atoms with van der Waals surface area (Å²) in [5, 5.41) is 3.43. The molecule has 0 atom stereocenters. The summed E-state index contributed by atoms with van der Waals surface area (Å²) >= 11 is 0. The number of hydrogen-bond donors (Lipinski definition) is 1. The molecule has 0 rings (SSSR count). The molecule has 0 aromatic rings. The molecule has 1 heteroatoms. The molecule has 0 amide bonds. The summed E-state index contributed by atoms with van der Waals surface area (Å²) in [6, 6.07) is 0. The fourth-order valence-corrected chi connectivity index (χ4v) is 1.56. The Kier molecular flexibility index (Phi) is 5.85. The highest BCUT2D eigenvalue weighted by Crippen LogP contribution is 2.29. The molecule has 0 bridgehead atoms. The van der Waals surface area contributed by atoms with Crippen LogP contribution in [-0.2, 0) is 0 Å². The average molecular weight is 183 g/mol. The van der Waals surface area contributed by atoms with Crippen LogP contribution in [0.15, 0.2) is 12.3 Å². The molecule has 1 nitrogen and oxygen atoms in total. The lowest BCUT2D eigenvalue weighted by atomic mass is 9.80. The first-order valence-corrected chi connectivity index (χ1v) is 5.55. The average Bonchev–Trinajstić information content (AvgIpc) is 2.20. The van der Waals surface area contributed by atoms with E-state index in [4.69, 9.17) is 0 Å². The van der Waals surface area contributed by atoms with Gasteiger partial charge in [-0.3, -0.25) is 0 Å². The van der Waals surface area contributed by atoms with Crippen molar-refractivity contribution in [3.8, 4) is 0 Å². The Morgan fingerprint density at radius 3 is 1.85 bits per heavy atom. The minimum atomic E-state index is 0.484. The van der Waals surface area contributed by atoms with Crippen LogP contribution >= 0.6 is 0 Å². The standard InChI is InChI=1S/C12H25N/c1-6-11(5)13-10-12(7-2,8-3)9-4/h13H,5-10H2,1-4H3. The van der Waals surface area contributed by atoms with Gasteiger partial charge in [-0.15, -0.1) is 0 Å². The smallest absolute Gasteiger partial charge is 0.0200 e. The van der Waals surface area contributed by atoms with Crippen molar-refractivity contribution in [2.24, 2.45) is 5.41 Å². The molecule has 0 heterocycles. The summed E-state index contributed by atoms with van der Waals surface area (Å²) in [5.41, 5.74) is 1.65. The van der Waals surface area contributed by atoms with Gasteiger partial charge in [0.2, 0.25) is 0 Å². The van der Waals surface area contributed by atoms with Crippen molar-refractivity contribution < 1.29 is 0 Å². The van der Waals surface area contributed by atoms with Crippen LogP contribution in [0.5, 0.6) is 0 Å². The van der Waals surface area contributed by atoms with Gasteiger partial charge in [-0.2, -0.15) is 0 Å². The lowest BCUT2D eigenvalue weighted by molar-refractivity contribution is 0.245. The van der Waals surface area contributed by atoms with E-state index in [1.807, 2.05) is 0 Å². The van der Waals surface area contributed by atoms with E-state index in [9.17, 15) is 0 Å². The summed E-state index contributed by atoms with van der Waals surface area (Å²) in [4.78, 5) is 0. The normalized spacial score (nSPS) is 11.4. The first-order chi connectivity index (χ1) is 6.14. The van der Waals surface area contributed by atoms with Crippen LogP contribution in [0.4, 0.5) is 0 Å². The molecule has 0 fully saturated rings. The van der Waals surface area contributed by atoms with E-state index in [0.29, 0.717) is 5.41 Å². The third-order valence-corrected chi connectivity index (χ3v) is 3.39. The van der Waals surface area contributed by atoms with Gasteiger partial charge < -0.3 is 5.32 Å². The van der Waals surface area contributed by atoms with E-state index in [0.717, 1.165) is 13.0 Å². The number of allylic oxidation sites excluding steroid dienone is 1. The lowest BCUT2D eigenvalue weighted by Gasteiger charge is -2.31. The van der Waals surface area contributed by atoms with E-state index in [1.54, 1.807) is 0 Å². The molecule has 0 unspecified atom stereocenters. The molecule has 1 N–H and O–H groups in total. The highest BCUT2D eigenvalue weighted by atomic mass is 14.9. The van der Waals surface area contributed by atoms with E-state index in [-0.39, 0.29) is 0 Å². The molecule has 0 aliphatic carbocycles. The molecule has 0 spiro atoms. The molecule has 0 aromatic heterocycles. The van der Waals surface area contributed by atoms with Crippen molar-refractivity contribution in [1.29, 1.82) is 0 Å². The summed E-state index contributed by atoms with van der Waals surface area (Å²) in [6.07, 6.45) is 4.80. The largest absolute Gasteiger partial charge is 0.388 e. The molecular weight excluding hydrogens is 158 g/mol. The molecule has 0 aromatic carbocycles. The van der Waals surface area contributed by atoms with Gasteiger partial charge in [0.15, 0.2) is 0 Å². The van der Waals surface area contributed by atoms with E-state index >= 15 is 0 Å². The van der Waals surface area contributed by atoms with E-state index in [1.165, 1.54) is 25.0 Å². The second-order valence-electron chi connectivity index (χ2n) is 3.87. The Hall–Kier alpha value is -0.460. The number of hydrogen-bond acceptors (Lipinski definition) is 1. The van der Waals surface area contributed by atoms with E-state index in [2.05, 4.69) is 39.6 Å². The van der Waals surface area contributed by atoms with Gasteiger partial charge in [0.1, 0.15) is 0 Å². The topological polar surface area (TPSA) is 12.0 Å². The fourth-order valence-electron chi connectivity index (χ4n) is 1.56. The zero-order valence-electron chi connectivity index (χ0n) is 9.74. The van der Waals surface area contributed by atoms with Crippen LogP contribution in [0.25, 0.3) is 0 Å². The summed E-state index contributed by atoms with van der Waals surface area (Å²) in [7, 11) is 0. The Labute approximate surface area is 83.6 Å². The molecule has 13 heavy (non-hydrogen) atoms. The highest BCUT2D eigenvalue weighted by molar-refractivity contribution is 4.92. The predicted molar refractivity (Wildman–Crippen MR) is 60.7 cm³/mol. The van der Waals surface area contributed by atoms with Gasteiger partial charge in [-0.1, -0.05) is 34.3 Å². The SMILES string of the molecule is C=C(CC)NCC(CC)(CC)CC. The van der Waals surface area contributed by atoms with Crippen molar-refractivity contribution in [1.82, 2.24) is 5.32 Å². The van der Waals surface area contributed by atoms with Crippen molar-refractivity contribution in [2.75, 3.05) is 6.54 Å². The molecule has 78 valence electrons. The third kappa shape index (κ3) is 3.84. The second kappa shape index (κ2) is 6.06. The second-order valence-corrected chi connectivity index (χ2v) is 3.87. The number of nitrogens with one attached hydrogen (secondary N) is 1. The van der Waals surface area contributed by atoms with Gasteiger partial charge in [-0.05, 0) is 31.1 Å². The fraction of sp³-hybridized carbons (Fsp3) is 0.833. The zero-order chi connectivity index (χ0) is 10.3. The molecule has 0 saturated carbocycles. The summed E-state index contributed by atoms with van der Waals surface area (Å²) in [5.74, 6) is 0. The zero-order valence-corrected chi connectivity index (χ0v) is 9.74. The van der Waals surface area contributed by atoms with Crippen LogP contribution < -0.4 is 5.32 Å². The van der Waals surface area contributed by atoms with Gasteiger partial charge >= 0.3 is 0 Å². The van der Waals surface area contributed by atoms with Crippen molar-refractivity contribution in [3.05, 3.63) is 12.3 Å². The van der Waals surface area contributed by atoms with Crippen LogP contribution in [0.2, 0.25) is 0 Å². The van der Waals surface area contributed by atoms with E-state index < -0.39 is 0 Å². The monoisotopic (exact) mass is 183 g/mol. The van der Waals surface area contributed by atoms with Gasteiger partial charge in [0, 0.05) is 12.2 Å². The van der Waals surface area contributed by atoms with Gasteiger partial charge in [0.25, 0.3) is 0 Å². The summed E-state index contributed by atoms with van der Waals surface area (Å²) in [6.45, 7) is 14.0. The molecule has 0 radical (unpaired) electrons. The van der Waals surface area contributed by atoms with Gasteiger partial charge in [0.05, 0.1) is 0 Å². The first-order valence-electron chi connectivity index (χ1n) is 5.55. The molecule has 0 aliphatic heterocycles. The van der Waals surface area contributed by atoms with Crippen LogP contribution in [0, 0.1) is 5.41 Å². The summed E-state index contributed by atoms with van der Waals surface area (Å²) < 4.78 is 0. The third-order valence-electron chi connectivity index (χ3n) is 3.39. The Morgan fingerprint density at radius 2 is 1.54 bits per heavy atom. The molecular formula is C12H25N. The van der Waals surface area contributed by atoms with Crippen LogP contribution in [0.3, 0.4) is 0 Å². The predicted octanol–water partition coefficient (Wildman–Crippen LogP) is 3.72. The maximum Gasteiger partial charge on any atom is 0.0200 e. The van der Waals surface area contributed by atoms with Crippen molar-refractivity contribution in [3.63, 3.8) is 0 Å². The first kappa shape index (κ1) is 12.5. The van der Waals surface area contributed by atoms with Crippen molar-refractivity contribution in [2.45, 2.75) is 53.4 Å². The van der Waals surface area contributed by atoms with Crippen molar-refractivity contribution >= 4 is 0 Å². The molecule has 0 saturated heterocycles. The Bertz CT molecular complexity index is 137. The Balaban J connectivity index is 4.02. The minimum absolute atomic E-state index is 0.484. The van der Waals surface area contributed by atoms with Gasteiger partial charge in [-0.25, -0.2) is 0 Å². The Morgan fingerprint density at radius 1 is 1.08 bits per heavy atom. The van der Waals surface area contributed by atoms with Crippen LogP contribution in [0.1, 0.15) is 53.4 Å². The van der Waals surface area contributed by atoms with Crippen LogP contribution in [-0.4, -0.2) is 6.54 Å². The maximum absolute atomic E-state index is 3.97.